The van der Waals surface area contributed by atoms with Gasteiger partial charge >= 0.3 is 5.97 Å². The van der Waals surface area contributed by atoms with Gasteiger partial charge in [-0.15, -0.1) is 0 Å². The average Bonchev–Trinajstić information content (AvgIpc) is 2.88. The molecule has 0 spiro atoms. The van der Waals surface area contributed by atoms with Crippen LogP contribution in [-0.2, 0) is 18.2 Å². The Hall–Kier alpha value is -2.69. The molecular weight excluding hydrogens is 290 g/mol. The van der Waals surface area contributed by atoms with Gasteiger partial charge in [0.1, 0.15) is 5.82 Å². The molecule has 0 saturated carbocycles. The maximum atomic E-state index is 11.8. The number of rotatable bonds is 4. The van der Waals surface area contributed by atoms with E-state index >= 15 is 0 Å². The molecule has 0 aliphatic rings. The van der Waals surface area contributed by atoms with Crippen molar-refractivity contribution in [3.8, 4) is 0 Å². The van der Waals surface area contributed by atoms with Gasteiger partial charge in [-0.2, -0.15) is 0 Å². The molecule has 0 unspecified atom stereocenters. The van der Waals surface area contributed by atoms with E-state index in [1.54, 1.807) is 13.1 Å². The number of hydrogen-bond donors (Lipinski definition) is 0. The molecule has 0 saturated heterocycles. The SMILES string of the molecule is CCOC(=O)c1cn(C)c(Cc2ccc3ncc(C)cc3c2)n1. The van der Waals surface area contributed by atoms with Crippen LogP contribution in [0.4, 0.5) is 0 Å². The Kier molecular flexibility index (Phi) is 4.10. The fourth-order valence-electron chi connectivity index (χ4n) is 2.56. The van der Waals surface area contributed by atoms with E-state index in [-0.39, 0.29) is 5.97 Å². The lowest BCUT2D eigenvalue weighted by atomic mass is 10.1. The molecule has 1 aromatic carbocycles. The summed E-state index contributed by atoms with van der Waals surface area (Å²) >= 11 is 0. The number of carbonyl (C=O) groups excluding carboxylic acids is 1. The number of esters is 1. The van der Waals surface area contributed by atoms with Crippen LogP contribution in [-0.4, -0.2) is 27.1 Å². The predicted octanol–water partition coefficient (Wildman–Crippen LogP) is 3.04. The standard InChI is InChI=1S/C18H19N3O2/c1-4-23-18(22)16-11-21(3)17(20-16)9-13-5-6-15-14(8-13)7-12(2)10-19-15/h5-8,10-11H,4,9H2,1-3H3. The average molecular weight is 309 g/mol. The molecule has 5 nitrogen and oxygen atoms in total. The molecule has 2 heterocycles. The third-order valence-electron chi connectivity index (χ3n) is 3.70. The van der Waals surface area contributed by atoms with Gasteiger partial charge in [-0.1, -0.05) is 6.07 Å². The lowest BCUT2D eigenvalue weighted by Crippen LogP contribution is -2.05. The number of aryl methyl sites for hydroxylation is 2. The summed E-state index contributed by atoms with van der Waals surface area (Å²) in [5.41, 5.74) is 3.60. The number of imidazole rings is 1. The van der Waals surface area contributed by atoms with Crippen LogP contribution < -0.4 is 0 Å². The van der Waals surface area contributed by atoms with E-state index in [2.05, 4.69) is 22.1 Å². The molecule has 0 atom stereocenters. The van der Waals surface area contributed by atoms with Crippen LogP contribution in [0.5, 0.6) is 0 Å². The largest absolute Gasteiger partial charge is 0.461 e. The van der Waals surface area contributed by atoms with Crippen LogP contribution in [0.15, 0.2) is 36.7 Å². The highest BCUT2D eigenvalue weighted by molar-refractivity contribution is 5.87. The van der Waals surface area contributed by atoms with Gasteiger partial charge in [-0.25, -0.2) is 9.78 Å². The predicted molar refractivity (Wildman–Crippen MR) is 88.5 cm³/mol. The summed E-state index contributed by atoms with van der Waals surface area (Å²) in [7, 11) is 1.89. The van der Waals surface area contributed by atoms with Crippen molar-refractivity contribution >= 4 is 16.9 Å². The zero-order chi connectivity index (χ0) is 16.4. The van der Waals surface area contributed by atoms with Crippen LogP contribution in [0.2, 0.25) is 0 Å². The van der Waals surface area contributed by atoms with Crippen molar-refractivity contribution < 1.29 is 9.53 Å². The molecule has 0 radical (unpaired) electrons. The second-order valence-corrected chi connectivity index (χ2v) is 5.59. The Balaban J connectivity index is 1.88. The van der Waals surface area contributed by atoms with Gasteiger partial charge in [0.25, 0.3) is 0 Å². The molecular formula is C18H19N3O2. The summed E-state index contributed by atoms with van der Waals surface area (Å²) in [4.78, 5) is 20.6. The van der Waals surface area contributed by atoms with Gasteiger partial charge in [0, 0.05) is 31.2 Å². The number of nitrogens with zero attached hydrogens (tertiary/aromatic N) is 3. The molecule has 0 amide bonds. The van der Waals surface area contributed by atoms with Crippen molar-refractivity contribution in [1.29, 1.82) is 0 Å². The van der Waals surface area contributed by atoms with E-state index in [4.69, 9.17) is 4.74 Å². The van der Waals surface area contributed by atoms with Crippen molar-refractivity contribution in [2.75, 3.05) is 6.61 Å². The molecule has 0 aliphatic carbocycles. The minimum Gasteiger partial charge on any atom is -0.461 e. The Morgan fingerprint density at radius 2 is 2.13 bits per heavy atom. The van der Waals surface area contributed by atoms with E-state index in [0.29, 0.717) is 18.7 Å². The zero-order valence-corrected chi connectivity index (χ0v) is 13.5. The zero-order valence-electron chi connectivity index (χ0n) is 13.5. The van der Waals surface area contributed by atoms with Crippen molar-refractivity contribution in [3.63, 3.8) is 0 Å². The van der Waals surface area contributed by atoms with E-state index in [1.165, 1.54) is 0 Å². The van der Waals surface area contributed by atoms with Crippen molar-refractivity contribution in [1.82, 2.24) is 14.5 Å². The number of hydrogen-bond acceptors (Lipinski definition) is 4. The molecule has 0 N–H and O–H groups in total. The molecule has 5 heteroatoms. The highest BCUT2D eigenvalue weighted by Gasteiger charge is 2.14. The van der Waals surface area contributed by atoms with Gasteiger partial charge in [0.05, 0.1) is 12.1 Å². The van der Waals surface area contributed by atoms with E-state index in [9.17, 15) is 4.79 Å². The quantitative estimate of drug-likeness (QED) is 0.695. The monoisotopic (exact) mass is 309 g/mol. The molecule has 2 aromatic heterocycles. The first kappa shape index (κ1) is 15.2. The van der Waals surface area contributed by atoms with Gasteiger partial charge in [0.15, 0.2) is 5.69 Å². The first-order valence-corrected chi connectivity index (χ1v) is 7.61. The lowest BCUT2D eigenvalue weighted by Gasteiger charge is -2.04. The van der Waals surface area contributed by atoms with Crippen molar-refractivity contribution in [2.24, 2.45) is 7.05 Å². The van der Waals surface area contributed by atoms with E-state index in [0.717, 1.165) is 27.9 Å². The molecule has 118 valence electrons. The summed E-state index contributed by atoms with van der Waals surface area (Å²) in [5.74, 6) is 0.445. The van der Waals surface area contributed by atoms with Crippen LogP contribution in [0.25, 0.3) is 10.9 Å². The van der Waals surface area contributed by atoms with Crippen molar-refractivity contribution in [2.45, 2.75) is 20.3 Å². The van der Waals surface area contributed by atoms with Gasteiger partial charge in [-0.3, -0.25) is 4.98 Å². The van der Waals surface area contributed by atoms with Crippen LogP contribution >= 0.6 is 0 Å². The number of benzene rings is 1. The summed E-state index contributed by atoms with van der Waals surface area (Å²) in [6.45, 7) is 4.16. The van der Waals surface area contributed by atoms with Crippen LogP contribution in [0, 0.1) is 6.92 Å². The van der Waals surface area contributed by atoms with Crippen LogP contribution in [0.3, 0.4) is 0 Å². The van der Waals surface area contributed by atoms with E-state index in [1.807, 2.05) is 36.9 Å². The third-order valence-corrected chi connectivity index (χ3v) is 3.70. The second-order valence-electron chi connectivity index (χ2n) is 5.59. The molecule has 0 aliphatic heterocycles. The second kappa shape index (κ2) is 6.20. The lowest BCUT2D eigenvalue weighted by molar-refractivity contribution is 0.0520. The number of carbonyl (C=O) groups is 1. The summed E-state index contributed by atoms with van der Waals surface area (Å²) in [6, 6.07) is 8.30. The Morgan fingerprint density at radius 1 is 1.30 bits per heavy atom. The number of pyridine rings is 1. The first-order valence-electron chi connectivity index (χ1n) is 7.61. The van der Waals surface area contributed by atoms with Crippen molar-refractivity contribution in [3.05, 3.63) is 59.3 Å². The van der Waals surface area contributed by atoms with Gasteiger partial charge in [-0.05, 0) is 43.2 Å². The Bertz CT molecular complexity index is 868. The maximum Gasteiger partial charge on any atom is 0.358 e. The Morgan fingerprint density at radius 3 is 2.91 bits per heavy atom. The topological polar surface area (TPSA) is 57.0 Å². The van der Waals surface area contributed by atoms with E-state index < -0.39 is 0 Å². The minimum absolute atomic E-state index is 0.349. The highest BCUT2D eigenvalue weighted by atomic mass is 16.5. The van der Waals surface area contributed by atoms with Crippen LogP contribution in [0.1, 0.15) is 34.4 Å². The van der Waals surface area contributed by atoms with Gasteiger partial charge < -0.3 is 9.30 Å². The van der Waals surface area contributed by atoms with Gasteiger partial charge in [0.2, 0.25) is 0 Å². The molecule has 0 fully saturated rings. The minimum atomic E-state index is -0.382. The smallest absolute Gasteiger partial charge is 0.358 e. The number of aromatic nitrogens is 3. The Labute approximate surface area is 134 Å². The summed E-state index contributed by atoms with van der Waals surface area (Å²) < 4.78 is 6.86. The fraction of sp³-hybridized carbons (Fsp3) is 0.278. The maximum absolute atomic E-state index is 11.8. The first-order chi connectivity index (χ1) is 11.1. The molecule has 3 aromatic rings. The molecule has 3 rings (SSSR count). The molecule has 0 bridgehead atoms. The number of ether oxygens (including phenoxy) is 1. The molecule has 23 heavy (non-hydrogen) atoms. The normalized spacial score (nSPS) is 10.9. The fourth-order valence-corrected chi connectivity index (χ4v) is 2.56. The number of fused-ring (bicyclic) bond motifs is 1. The highest BCUT2D eigenvalue weighted by Crippen LogP contribution is 2.17. The third kappa shape index (κ3) is 3.23. The summed E-state index contributed by atoms with van der Waals surface area (Å²) in [6.07, 6.45) is 4.23. The summed E-state index contributed by atoms with van der Waals surface area (Å²) in [5, 5.41) is 1.11.